The number of benzene rings is 3. The van der Waals surface area contributed by atoms with Crippen molar-refractivity contribution in [1.82, 2.24) is 30.0 Å². The molecule has 52 heavy (non-hydrogen) atoms. The molecule has 12 nitrogen and oxygen atoms in total. The highest BCUT2D eigenvalue weighted by atomic mass is 35.5. The molecule has 0 saturated heterocycles. The minimum Gasteiger partial charge on any atom is -0.481 e. The SMILES string of the molecule is COC[C@H](NC(=O)[C@H](C)NCc1ccc(Cl)cc1Oc1ccc(-c2cnc(CN(C)C)n2C)cc1)C(=O)N(C)[C@H](CC(=O)O)Cc1ccc(Cl)cc1. The zero-order valence-corrected chi connectivity index (χ0v) is 31.7. The zero-order chi connectivity index (χ0) is 37.9. The van der Waals surface area contributed by atoms with Crippen LogP contribution in [0.3, 0.4) is 0 Å². The van der Waals surface area contributed by atoms with Crippen LogP contribution in [0.4, 0.5) is 0 Å². The van der Waals surface area contributed by atoms with Crippen LogP contribution >= 0.6 is 23.2 Å². The van der Waals surface area contributed by atoms with Gasteiger partial charge in [0.05, 0.1) is 37.5 Å². The number of methoxy groups -OCH3 is 1. The highest BCUT2D eigenvalue weighted by molar-refractivity contribution is 6.31. The van der Waals surface area contributed by atoms with Crippen LogP contribution in [0.1, 0.15) is 30.3 Å². The molecule has 1 heterocycles. The number of likely N-dealkylation sites (N-methyl/N-ethyl adjacent to an activating group) is 1. The largest absolute Gasteiger partial charge is 0.481 e. The Morgan fingerprint density at radius 1 is 0.981 bits per heavy atom. The normalized spacial score (nSPS) is 13.0. The van der Waals surface area contributed by atoms with Crippen LogP contribution in [0.2, 0.25) is 10.0 Å². The van der Waals surface area contributed by atoms with E-state index in [1.54, 1.807) is 43.3 Å². The molecule has 0 aliphatic heterocycles. The molecule has 0 aliphatic rings. The van der Waals surface area contributed by atoms with E-state index in [4.69, 9.17) is 32.7 Å². The molecule has 0 unspecified atom stereocenters. The van der Waals surface area contributed by atoms with Crippen molar-refractivity contribution >= 4 is 41.0 Å². The van der Waals surface area contributed by atoms with E-state index in [2.05, 4.69) is 25.1 Å². The van der Waals surface area contributed by atoms with Crippen molar-refractivity contribution in [2.24, 2.45) is 7.05 Å². The standard InChI is InChI=1S/C38H46Cl2N6O6/c1-24(37(49)43-32(23-51-6)38(50)45(4)30(19-36(47)48)17-25-7-12-28(39)13-8-25)41-20-27-9-14-29(40)18-34(27)52-31-15-10-26(11-16-31)33-21-42-35(46(33)5)22-44(2)3/h7-16,18,21,24,30,32,41H,17,19-20,22-23H2,1-6H3,(H,43,49)(H,47,48)/t24-,30-,32-/m0/s1. The molecule has 14 heteroatoms. The third-order valence-corrected chi connectivity index (χ3v) is 9.07. The molecule has 0 radical (unpaired) electrons. The molecule has 2 amide bonds. The van der Waals surface area contributed by atoms with Crippen molar-refractivity contribution in [3.8, 4) is 22.8 Å². The van der Waals surface area contributed by atoms with Crippen molar-refractivity contribution in [2.45, 2.75) is 51.0 Å². The van der Waals surface area contributed by atoms with Crippen molar-refractivity contribution < 1.29 is 29.0 Å². The van der Waals surface area contributed by atoms with E-state index < -0.39 is 35.9 Å². The highest BCUT2D eigenvalue weighted by Crippen LogP contribution is 2.30. The number of nitrogens with zero attached hydrogens (tertiary/aromatic N) is 4. The Kier molecular flexibility index (Phi) is 14.6. The number of ether oxygens (including phenoxy) is 2. The number of hydrogen-bond acceptors (Lipinski definition) is 8. The van der Waals surface area contributed by atoms with Gasteiger partial charge in [0.2, 0.25) is 11.8 Å². The average molecular weight is 754 g/mol. The smallest absolute Gasteiger partial charge is 0.305 e. The molecule has 3 N–H and O–H groups in total. The maximum atomic E-state index is 13.6. The predicted molar refractivity (Wildman–Crippen MR) is 202 cm³/mol. The van der Waals surface area contributed by atoms with Crippen LogP contribution in [-0.4, -0.2) is 95.2 Å². The lowest BCUT2D eigenvalue weighted by molar-refractivity contribution is -0.142. The number of nitrogens with one attached hydrogen (secondary N) is 2. The molecule has 4 aromatic rings. The quantitative estimate of drug-likeness (QED) is 0.122. The lowest BCUT2D eigenvalue weighted by Gasteiger charge is -2.31. The summed E-state index contributed by atoms with van der Waals surface area (Å²) in [5.74, 6) is 0.128. The fourth-order valence-electron chi connectivity index (χ4n) is 5.60. The van der Waals surface area contributed by atoms with Gasteiger partial charge in [0.15, 0.2) is 0 Å². The topological polar surface area (TPSA) is 138 Å². The molecule has 3 atom stereocenters. The molecule has 278 valence electrons. The van der Waals surface area contributed by atoms with Gasteiger partial charge < -0.3 is 39.6 Å². The predicted octanol–water partition coefficient (Wildman–Crippen LogP) is 5.40. The van der Waals surface area contributed by atoms with Crippen LogP contribution in [0.15, 0.2) is 72.9 Å². The van der Waals surface area contributed by atoms with Gasteiger partial charge in [-0.2, -0.15) is 0 Å². The van der Waals surface area contributed by atoms with Crippen molar-refractivity contribution in [2.75, 3.05) is 34.9 Å². The molecule has 0 spiro atoms. The molecule has 4 rings (SSSR count). The number of carbonyl (C=O) groups excluding carboxylic acids is 2. The number of aliphatic carboxylic acids is 1. The molecule has 0 bridgehead atoms. The third-order valence-electron chi connectivity index (χ3n) is 8.58. The number of carbonyl (C=O) groups is 3. The summed E-state index contributed by atoms with van der Waals surface area (Å²) in [6.07, 6.45) is 1.86. The fraction of sp³-hybridized carbons (Fsp3) is 0.368. The number of aromatic nitrogens is 2. The first-order chi connectivity index (χ1) is 24.7. The Labute approximate surface area is 314 Å². The minimum atomic E-state index is -1.05. The molecule has 3 aromatic carbocycles. The van der Waals surface area contributed by atoms with E-state index in [-0.39, 0.29) is 26.0 Å². The number of rotatable bonds is 18. The Hall–Kier alpha value is -4.46. The van der Waals surface area contributed by atoms with Crippen molar-refractivity contribution in [3.05, 3.63) is 99.9 Å². The summed E-state index contributed by atoms with van der Waals surface area (Å²) in [4.78, 5) is 46.6. The second-order valence-corrected chi connectivity index (χ2v) is 13.8. The van der Waals surface area contributed by atoms with Gasteiger partial charge in [0.1, 0.15) is 23.4 Å². The van der Waals surface area contributed by atoms with Crippen LogP contribution in [0.5, 0.6) is 11.5 Å². The minimum absolute atomic E-state index is 0.103. The Balaban J connectivity index is 1.39. The fourth-order valence-corrected chi connectivity index (χ4v) is 5.88. The van der Waals surface area contributed by atoms with Crippen LogP contribution in [-0.2, 0) is 45.7 Å². The first-order valence-electron chi connectivity index (χ1n) is 16.7. The Morgan fingerprint density at radius 3 is 2.29 bits per heavy atom. The van der Waals surface area contributed by atoms with Gasteiger partial charge in [0, 0.05) is 55.0 Å². The molecule has 0 aliphatic carbocycles. The van der Waals surface area contributed by atoms with Gasteiger partial charge in [-0.05, 0) is 81.5 Å². The van der Waals surface area contributed by atoms with Crippen LogP contribution in [0.25, 0.3) is 11.3 Å². The molecular formula is C38H46Cl2N6O6. The average Bonchev–Trinajstić information content (AvgIpc) is 3.46. The maximum absolute atomic E-state index is 13.6. The van der Waals surface area contributed by atoms with E-state index in [9.17, 15) is 19.5 Å². The molecule has 0 saturated carbocycles. The van der Waals surface area contributed by atoms with Gasteiger partial charge in [-0.15, -0.1) is 0 Å². The van der Waals surface area contributed by atoms with E-state index in [1.165, 1.54) is 19.1 Å². The van der Waals surface area contributed by atoms with Crippen molar-refractivity contribution in [3.63, 3.8) is 0 Å². The summed E-state index contributed by atoms with van der Waals surface area (Å²) in [5, 5.41) is 16.6. The van der Waals surface area contributed by atoms with Crippen molar-refractivity contribution in [1.29, 1.82) is 0 Å². The Bertz CT molecular complexity index is 1820. The second-order valence-electron chi connectivity index (χ2n) is 12.9. The van der Waals surface area contributed by atoms with Gasteiger partial charge in [-0.25, -0.2) is 4.98 Å². The van der Waals surface area contributed by atoms with E-state index >= 15 is 0 Å². The summed E-state index contributed by atoms with van der Waals surface area (Å²) < 4.78 is 13.6. The first-order valence-corrected chi connectivity index (χ1v) is 17.5. The first kappa shape index (κ1) is 40.3. The maximum Gasteiger partial charge on any atom is 0.305 e. The zero-order valence-electron chi connectivity index (χ0n) is 30.2. The summed E-state index contributed by atoms with van der Waals surface area (Å²) in [7, 11) is 8.95. The molecule has 1 aromatic heterocycles. The second kappa shape index (κ2) is 18.9. The van der Waals surface area contributed by atoms with E-state index in [0.717, 1.165) is 34.8 Å². The number of hydrogen-bond donors (Lipinski definition) is 3. The number of amides is 2. The highest BCUT2D eigenvalue weighted by Gasteiger charge is 2.31. The summed E-state index contributed by atoms with van der Waals surface area (Å²) in [6, 6.07) is 17.5. The summed E-state index contributed by atoms with van der Waals surface area (Å²) in [5.41, 5.74) is 3.57. The van der Waals surface area contributed by atoms with Crippen LogP contribution < -0.4 is 15.4 Å². The van der Waals surface area contributed by atoms with E-state index in [1.807, 2.05) is 57.7 Å². The number of imidazole rings is 1. The third kappa shape index (κ3) is 11.3. The van der Waals surface area contributed by atoms with Crippen LogP contribution in [0, 0.1) is 0 Å². The van der Waals surface area contributed by atoms with Gasteiger partial charge in [-0.1, -0.05) is 41.4 Å². The Morgan fingerprint density at radius 2 is 1.65 bits per heavy atom. The number of carboxylic acids is 1. The lowest BCUT2D eigenvalue weighted by atomic mass is 10.0. The summed E-state index contributed by atoms with van der Waals surface area (Å²) >= 11 is 12.3. The monoisotopic (exact) mass is 752 g/mol. The van der Waals surface area contributed by atoms with E-state index in [0.29, 0.717) is 21.5 Å². The molecule has 0 fully saturated rings. The van der Waals surface area contributed by atoms with Gasteiger partial charge in [-0.3, -0.25) is 14.4 Å². The van der Waals surface area contributed by atoms with Gasteiger partial charge >= 0.3 is 5.97 Å². The number of carboxylic acid groups (broad SMARTS) is 1. The number of halogens is 2. The molecular weight excluding hydrogens is 707 g/mol. The lowest BCUT2D eigenvalue weighted by Crippen LogP contribution is -2.55. The summed E-state index contributed by atoms with van der Waals surface area (Å²) in [6.45, 7) is 2.56. The van der Waals surface area contributed by atoms with Gasteiger partial charge in [0.25, 0.3) is 0 Å².